The summed E-state index contributed by atoms with van der Waals surface area (Å²) in [5.41, 5.74) is 0. The van der Waals surface area contributed by atoms with Crippen molar-refractivity contribution in [2.45, 2.75) is 33.2 Å². The van der Waals surface area contributed by atoms with E-state index in [1.165, 1.54) is 0 Å². The highest BCUT2D eigenvalue weighted by Crippen LogP contribution is 2.03. The lowest BCUT2D eigenvalue weighted by Gasteiger charge is -2.17. The molecule has 0 aromatic rings. The fraction of sp³-hybridized carbons (Fsp3) is 0.909. The number of thioether (sulfide) groups is 1. The number of esters is 1. The molecule has 4 heteroatoms. The number of ether oxygens (including phenoxy) is 1. The summed E-state index contributed by atoms with van der Waals surface area (Å²) in [6, 6.07) is -0.139. The Hall–Kier alpha value is -0.220. The summed E-state index contributed by atoms with van der Waals surface area (Å²) in [6.07, 6.45) is 2.89. The Balaban J connectivity index is 3.98. The third-order valence-corrected chi connectivity index (χ3v) is 2.60. The molecule has 1 atom stereocenters. The summed E-state index contributed by atoms with van der Waals surface area (Å²) in [4.78, 5) is 11.6. The van der Waals surface area contributed by atoms with Crippen molar-refractivity contribution in [2.24, 2.45) is 5.92 Å². The quantitative estimate of drug-likeness (QED) is 0.650. The molecule has 1 N–H and O–H groups in total. The Labute approximate surface area is 97.3 Å². The van der Waals surface area contributed by atoms with E-state index in [1.807, 2.05) is 13.2 Å². The number of carbonyl (C=O) groups excluding carboxylic acids is 1. The van der Waals surface area contributed by atoms with Gasteiger partial charge in [0.25, 0.3) is 0 Å². The van der Waals surface area contributed by atoms with Crippen LogP contribution in [0.15, 0.2) is 0 Å². The van der Waals surface area contributed by atoms with Gasteiger partial charge in [0, 0.05) is 0 Å². The van der Waals surface area contributed by atoms with Crippen LogP contribution < -0.4 is 5.32 Å². The molecule has 0 spiro atoms. The van der Waals surface area contributed by atoms with Crippen LogP contribution in [0.4, 0.5) is 0 Å². The monoisotopic (exact) mass is 233 g/mol. The smallest absolute Gasteiger partial charge is 0.323 e. The van der Waals surface area contributed by atoms with Crippen LogP contribution in [0.2, 0.25) is 0 Å². The number of nitrogens with one attached hydrogen (secondary N) is 1. The average molecular weight is 233 g/mol. The molecule has 0 bridgehead atoms. The van der Waals surface area contributed by atoms with Gasteiger partial charge in [-0.05, 0) is 37.8 Å². The lowest BCUT2D eigenvalue weighted by atomic mass is 10.2. The lowest BCUT2D eigenvalue weighted by Crippen LogP contribution is -2.40. The summed E-state index contributed by atoms with van der Waals surface area (Å²) in [7, 11) is 0. The number of rotatable bonds is 8. The molecule has 0 aromatic heterocycles. The highest BCUT2D eigenvalue weighted by Gasteiger charge is 2.18. The zero-order valence-electron chi connectivity index (χ0n) is 10.2. The largest absolute Gasteiger partial charge is 0.465 e. The third kappa shape index (κ3) is 7.68. The van der Waals surface area contributed by atoms with Gasteiger partial charge in [0.1, 0.15) is 6.04 Å². The topological polar surface area (TPSA) is 38.3 Å². The first-order valence-corrected chi connectivity index (χ1v) is 6.90. The highest BCUT2D eigenvalue weighted by atomic mass is 32.2. The van der Waals surface area contributed by atoms with Crippen LogP contribution in [0, 0.1) is 5.92 Å². The molecule has 0 saturated carbocycles. The van der Waals surface area contributed by atoms with Gasteiger partial charge >= 0.3 is 5.97 Å². The van der Waals surface area contributed by atoms with E-state index in [0.29, 0.717) is 12.5 Å². The average Bonchev–Trinajstić information content (AvgIpc) is 2.17. The van der Waals surface area contributed by atoms with E-state index >= 15 is 0 Å². The van der Waals surface area contributed by atoms with E-state index in [-0.39, 0.29) is 12.0 Å². The van der Waals surface area contributed by atoms with Crippen LogP contribution in [-0.4, -0.2) is 37.2 Å². The van der Waals surface area contributed by atoms with Crippen molar-refractivity contribution >= 4 is 17.7 Å². The van der Waals surface area contributed by atoms with Crippen LogP contribution in [0.5, 0.6) is 0 Å². The van der Waals surface area contributed by atoms with Crippen molar-refractivity contribution in [3.05, 3.63) is 0 Å². The second-order valence-electron chi connectivity index (χ2n) is 3.89. The maximum absolute atomic E-state index is 11.6. The fourth-order valence-electron chi connectivity index (χ4n) is 1.16. The van der Waals surface area contributed by atoms with Crippen LogP contribution in [0.3, 0.4) is 0 Å². The number of carbonyl (C=O) groups is 1. The van der Waals surface area contributed by atoms with E-state index < -0.39 is 0 Å². The summed E-state index contributed by atoms with van der Waals surface area (Å²) in [5, 5.41) is 3.25. The molecule has 0 rings (SSSR count). The predicted octanol–water partition coefficient (Wildman–Crippen LogP) is 1.92. The molecule has 0 aliphatic heterocycles. The SMILES string of the molecule is CCOC(=O)C(CCSC)NCC(C)C. The molecule has 0 saturated heterocycles. The van der Waals surface area contributed by atoms with Gasteiger partial charge < -0.3 is 10.1 Å². The maximum atomic E-state index is 11.6. The Morgan fingerprint density at radius 3 is 2.60 bits per heavy atom. The lowest BCUT2D eigenvalue weighted by molar-refractivity contribution is -0.145. The molecule has 0 heterocycles. The molecule has 0 aliphatic carbocycles. The van der Waals surface area contributed by atoms with E-state index in [4.69, 9.17) is 4.74 Å². The minimum Gasteiger partial charge on any atom is -0.465 e. The molecule has 90 valence electrons. The van der Waals surface area contributed by atoms with Crippen LogP contribution in [0.1, 0.15) is 27.2 Å². The fourth-order valence-corrected chi connectivity index (χ4v) is 1.63. The molecule has 0 aromatic carbocycles. The normalized spacial score (nSPS) is 12.9. The van der Waals surface area contributed by atoms with Crippen LogP contribution >= 0.6 is 11.8 Å². The standard InChI is InChI=1S/C11H23NO2S/c1-5-14-11(13)10(6-7-15-4)12-8-9(2)3/h9-10,12H,5-8H2,1-4H3. The number of hydrogen-bond donors (Lipinski definition) is 1. The van der Waals surface area contributed by atoms with Gasteiger partial charge in [-0.1, -0.05) is 13.8 Å². The van der Waals surface area contributed by atoms with E-state index in [1.54, 1.807) is 11.8 Å². The van der Waals surface area contributed by atoms with Crippen molar-refractivity contribution in [1.29, 1.82) is 0 Å². The maximum Gasteiger partial charge on any atom is 0.323 e. The van der Waals surface area contributed by atoms with Gasteiger partial charge in [-0.15, -0.1) is 0 Å². The molecule has 3 nitrogen and oxygen atoms in total. The van der Waals surface area contributed by atoms with Gasteiger partial charge in [-0.3, -0.25) is 4.79 Å². The van der Waals surface area contributed by atoms with Gasteiger partial charge in [0.05, 0.1) is 6.61 Å². The van der Waals surface area contributed by atoms with Gasteiger partial charge in [-0.25, -0.2) is 0 Å². The molecular formula is C11H23NO2S. The predicted molar refractivity (Wildman–Crippen MR) is 66.3 cm³/mol. The molecular weight excluding hydrogens is 210 g/mol. The van der Waals surface area contributed by atoms with Crippen molar-refractivity contribution in [3.63, 3.8) is 0 Å². The number of hydrogen-bond acceptors (Lipinski definition) is 4. The molecule has 0 amide bonds. The van der Waals surface area contributed by atoms with Gasteiger partial charge in [0.15, 0.2) is 0 Å². The summed E-state index contributed by atoms with van der Waals surface area (Å²) >= 11 is 1.75. The van der Waals surface area contributed by atoms with Crippen molar-refractivity contribution in [2.75, 3.05) is 25.2 Å². The molecule has 15 heavy (non-hydrogen) atoms. The molecule has 0 fully saturated rings. The van der Waals surface area contributed by atoms with E-state index in [2.05, 4.69) is 19.2 Å². The summed E-state index contributed by atoms with van der Waals surface area (Å²) < 4.78 is 5.02. The molecule has 0 aliphatic rings. The first-order chi connectivity index (χ1) is 7.11. The Bertz CT molecular complexity index is 174. The zero-order valence-corrected chi connectivity index (χ0v) is 11.0. The van der Waals surface area contributed by atoms with E-state index in [9.17, 15) is 4.79 Å². The van der Waals surface area contributed by atoms with Gasteiger partial charge in [-0.2, -0.15) is 11.8 Å². The Morgan fingerprint density at radius 1 is 1.47 bits per heavy atom. The first kappa shape index (κ1) is 14.8. The second kappa shape index (κ2) is 9.04. The minimum absolute atomic E-state index is 0.118. The van der Waals surface area contributed by atoms with Crippen molar-refractivity contribution < 1.29 is 9.53 Å². The van der Waals surface area contributed by atoms with E-state index in [0.717, 1.165) is 18.7 Å². The molecule has 0 radical (unpaired) electrons. The van der Waals surface area contributed by atoms with Crippen molar-refractivity contribution in [3.8, 4) is 0 Å². The summed E-state index contributed by atoms with van der Waals surface area (Å²) in [5.74, 6) is 1.41. The van der Waals surface area contributed by atoms with Crippen molar-refractivity contribution in [1.82, 2.24) is 5.32 Å². The van der Waals surface area contributed by atoms with Gasteiger partial charge in [0.2, 0.25) is 0 Å². The Kier molecular flexibility index (Phi) is 8.91. The third-order valence-electron chi connectivity index (χ3n) is 1.95. The summed E-state index contributed by atoms with van der Waals surface area (Å²) in [6.45, 7) is 7.41. The minimum atomic E-state index is -0.139. The zero-order chi connectivity index (χ0) is 11.7. The Morgan fingerprint density at radius 2 is 2.13 bits per heavy atom. The molecule has 1 unspecified atom stereocenters. The van der Waals surface area contributed by atoms with Crippen LogP contribution in [0.25, 0.3) is 0 Å². The second-order valence-corrected chi connectivity index (χ2v) is 4.87. The highest BCUT2D eigenvalue weighted by molar-refractivity contribution is 7.98. The van der Waals surface area contributed by atoms with Crippen LogP contribution in [-0.2, 0) is 9.53 Å². The first-order valence-electron chi connectivity index (χ1n) is 5.50.